The lowest BCUT2D eigenvalue weighted by atomic mass is 10.0. The Hall–Kier alpha value is -2.41. The molecule has 7 nitrogen and oxygen atoms in total. The van der Waals surface area contributed by atoms with Crippen molar-refractivity contribution in [2.75, 3.05) is 33.4 Å². The first-order valence-corrected chi connectivity index (χ1v) is 20.0. The predicted molar refractivity (Wildman–Crippen MR) is 200 cm³/mol. The third kappa shape index (κ3) is 23.8. The lowest BCUT2D eigenvalue weighted by Gasteiger charge is -2.11. The topological polar surface area (TPSA) is 93.7 Å². The normalized spacial score (nSPS) is 11.1. The number of hydrogen-bond acceptors (Lipinski definition) is 6. The summed E-state index contributed by atoms with van der Waals surface area (Å²) in [7, 11) is 1.86. The van der Waals surface area contributed by atoms with E-state index in [1.807, 2.05) is 7.05 Å². The van der Waals surface area contributed by atoms with Crippen LogP contribution in [0.5, 0.6) is 0 Å². The summed E-state index contributed by atoms with van der Waals surface area (Å²) in [6, 6.07) is 4.52. The number of unbranched alkanes of at least 4 members (excludes halogenated alkanes) is 22. The number of amides is 1. The SMILES string of the molecule is CCCCCCCCCCCCCCOC(=O)c1cc(C(=O)NCCCNC)cc(C(=O)OCCCCCCCCCCCCCC)c1. The zero-order chi connectivity index (χ0) is 34.9. The fourth-order valence-corrected chi connectivity index (χ4v) is 5.95. The zero-order valence-corrected chi connectivity index (χ0v) is 31.3. The minimum atomic E-state index is -0.516. The highest BCUT2D eigenvalue weighted by Gasteiger charge is 2.18. The summed E-state index contributed by atoms with van der Waals surface area (Å²) in [5.41, 5.74) is 0.667. The number of carbonyl (C=O) groups is 3. The summed E-state index contributed by atoms with van der Waals surface area (Å²) in [6.07, 6.45) is 30.5. The van der Waals surface area contributed by atoms with E-state index in [0.29, 0.717) is 19.8 Å². The van der Waals surface area contributed by atoms with Gasteiger partial charge in [0.2, 0.25) is 0 Å². The molecule has 0 saturated carbocycles. The van der Waals surface area contributed by atoms with Crippen LogP contribution in [0.1, 0.15) is 205 Å². The third-order valence-electron chi connectivity index (χ3n) is 9.02. The van der Waals surface area contributed by atoms with Gasteiger partial charge in [0.05, 0.1) is 24.3 Å². The van der Waals surface area contributed by atoms with E-state index in [9.17, 15) is 14.4 Å². The summed E-state index contributed by atoms with van der Waals surface area (Å²) < 4.78 is 11.1. The second-order valence-corrected chi connectivity index (χ2v) is 13.6. The molecule has 1 amide bonds. The van der Waals surface area contributed by atoms with E-state index >= 15 is 0 Å². The molecule has 0 aliphatic carbocycles. The van der Waals surface area contributed by atoms with Gasteiger partial charge in [0, 0.05) is 12.1 Å². The smallest absolute Gasteiger partial charge is 0.338 e. The van der Waals surface area contributed by atoms with Gasteiger partial charge in [-0.2, -0.15) is 0 Å². The molecule has 0 aromatic heterocycles. The minimum absolute atomic E-state index is 0.203. The van der Waals surface area contributed by atoms with Crippen molar-refractivity contribution in [3.63, 3.8) is 0 Å². The number of nitrogens with one attached hydrogen (secondary N) is 2. The molecule has 0 unspecified atom stereocenters. The Labute approximate surface area is 294 Å². The average Bonchev–Trinajstić information content (AvgIpc) is 3.10. The van der Waals surface area contributed by atoms with Crippen molar-refractivity contribution < 1.29 is 23.9 Å². The van der Waals surface area contributed by atoms with E-state index in [1.54, 1.807) is 0 Å². The fourth-order valence-electron chi connectivity index (χ4n) is 5.95. The van der Waals surface area contributed by atoms with Gasteiger partial charge in [-0.05, 0) is 51.1 Å². The van der Waals surface area contributed by atoms with Gasteiger partial charge in [-0.3, -0.25) is 4.79 Å². The minimum Gasteiger partial charge on any atom is -0.462 e. The Balaban J connectivity index is 2.46. The van der Waals surface area contributed by atoms with Crippen LogP contribution in [0.2, 0.25) is 0 Å². The first kappa shape index (κ1) is 43.6. The third-order valence-corrected chi connectivity index (χ3v) is 9.02. The van der Waals surface area contributed by atoms with E-state index in [-0.39, 0.29) is 22.6 Å². The molecule has 1 rings (SSSR count). The lowest BCUT2D eigenvalue weighted by Crippen LogP contribution is -2.27. The van der Waals surface area contributed by atoms with Crippen molar-refractivity contribution in [2.45, 2.75) is 174 Å². The van der Waals surface area contributed by atoms with E-state index in [4.69, 9.17) is 9.47 Å². The van der Waals surface area contributed by atoms with Crippen molar-refractivity contribution in [3.05, 3.63) is 34.9 Å². The number of ether oxygens (including phenoxy) is 2. The molecule has 0 radical (unpaired) electrons. The highest BCUT2D eigenvalue weighted by atomic mass is 16.5. The Morgan fingerprint density at radius 3 is 1.15 bits per heavy atom. The van der Waals surface area contributed by atoms with Crippen LogP contribution in [0.25, 0.3) is 0 Å². The highest BCUT2D eigenvalue weighted by molar-refractivity contribution is 6.02. The van der Waals surface area contributed by atoms with E-state index < -0.39 is 11.9 Å². The zero-order valence-electron chi connectivity index (χ0n) is 31.3. The first-order valence-electron chi connectivity index (χ1n) is 20.0. The summed E-state index contributed by atoms with van der Waals surface area (Å²) >= 11 is 0. The largest absolute Gasteiger partial charge is 0.462 e. The molecule has 0 bridgehead atoms. The molecule has 1 aromatic rings. The maximum absolute atomic E-state index is 13.0. The van der Waals surface area contributed by atoms with Crippen LogP contribution in [-0.4, -0.2) is 51.2 Å². The molecular weight excluding hydrogens is 600 g/mol. The van der Waals surface area contributed by atoms with Crippen molar-refractivity contribution in [1.82, 2.24) is 10.6 Å². The van der Waals surface area contributed by atoms with E-state index in [1.165, 1.54) is 134 Å². The van der Waals surface area contributed by atoms with Crippen LogP contribution in [0, 0.1) is 0 Å². The number of carbonyl (C=O) groups excluding carboxylic acids is 3. The Morgan fingerprint density at radius 2 is 0.792 bits per heavy atom. The van der Waals surface area contributed by atoms with E-state index in [2.05, 4.69) is 24.5 Å². The van der Waals surface area contributed by atoms with Crippen LogP contribution in [0.4, 0.5) is 0 Å². The predicted octanol–water partition coefficient (Wildman–Crippen LogP) is 10.7. The molecule has 0 atom stereocenters. The number of benzene rings is 1. The van der Waals surface area contributed by atoms with Crippen LogP contribution >= 0.6 is 0 Å². The molecule has 1 aromatic carbocycles. The van der Waals surface area contributed by atoms with Crippen molar-refractivity contribution in [2.24, 2.45) is 0 Å². The van der Waals surface area contributed by atoms with Gasteiger partial charge >= 0.3 is 11.9 Å². The monoisotopic (exact) mass is 673 g/mol. The highest BCUT2D eigenvalue weighted by Crippen LogP contribution is 2.16. The molecular formula is C41H72N2O5. The van der Waals surface area contributed by atoms with Gasteiger partial charge in [0.15, 0.2) is 0 Å². The summed E-state index contributed by atoms with van der Waals surface area (Å²) in [5.74, 6) is -1.35. The summed E-state index contributed by atoms with van der Waals surface area (Å²) in [6.45, 7) is 6.44. The van der Waals surface area contributed by atoms with Crippen LogP contribution < -0.4 is 10.6 Å². The molecule has 7 heteroatoms. The van der Waals surface area contributed by atoms with Gasteiger partial charge in [0.25, 0.3) is 5.91 Å². The molecule has 0 spiro atoms. The number of rotatable bonds is 33. The second kappa shape index (κ2) is 31.8. The van der Waals surface area contributed by atoms with Crippen LogP contribution in [0.15, 0.2) is 18.2 Å². The molecule has 0 heterocycles. The van der Waals surface area contributed by atoms with Crippen LogP contribution in [-0.2, 0) is 9.47 Å². The van der Waals surface area contributed by atoms with Crippen LogP contribution in [0.3, 0.4) is 0 Å². The average molecular weight is 673 g/mol. The van der Waals surface area contributed by atoms with Gasteiger partial charge in [-0.25, -0.2) is 9.59 Å². The number of esters is 2. The van der Waals surface area contributed by atoms with Crippen molar-refractivity contribution >= 4 is 17.8 Å². The number of hydrogen-bond donors (Lipinski definition) is 2. The molecule has 0 aliphatic rings. The van der Waals surface area contributed by atoms with Gasteiger partial charge in [0.1, 0.15) is 0 Å². The molecule has 0 saturated heterocycles. The van der Waals surface area contributed by atoms with E-state index in [0.717, 1.165) is 51.5 Å². The molecule has 0 fully saturated rings. The van der Waals surface area contributed by atoms with Crippen molar-refractivity contribution in [1.29, 1.82) is 0 Å². The molecule has 2 N–H and O–H groups in total. The Bertz CT molecular complexity index is 891. The lowest BCUT2D eigenvalue weighted by molar-refractivity contribution is 0.0496. The fraction of sp³-hybridized carbons (Fsp3) is 0.780. The van der Waals surface area contributed by atoms with Gasteiger partial charge in [-0.1, -0.05) is 155 Å². The summed E-state index contributed by atoms with van der Waals surface area (Å²) in [4.78, 5) is 38.8. The Kier molecular flexibility index (Phi) is 28.9. The molecule has 0 aliphatic heterocycles. The standard InChI is InChI=1S/C41H72N2O5/c1-4-6-8-10-12-14-16-18-20-22-24-26-31-47-40(45)37-33-36(39(44)43-30-28-29-42-3)34-38(35-37)41(46)48-32-27-25-23-21-19-17-15-13-11-9-7-5-2/h33-35,42H,4-32H2,1-3H3,(H,43,44). The first-order chi connectivity index (χ1) is 23.5. The maximum Gasteiger partial charge on any atom is 0.338 e. The maximum atomic E-state index is 13.0. The van der Waals surface area contributed by atoms with Crippen molar-refractivity contribution in [3.8, 4) is 0 Å². The molecule has 276 valence electrons. The summed E-state index contributed by atoms with van der Waals surface area (Å²) in [5, 5.41) is 5.93. The Morgan fingerprint density at radius 1 is 0.458 bits per heavy atom. The quantitative estimate of drug-likeness (QED) is 0.0570. The van der Waals surface area contributed by atoms with Gasteiger partial charge in [-0.15, -0.1) is 0 Å². The van der Waals surface area contributed by atoms with Gasteiger partial charge < -0.3 is 20.1 Å². The molecule has 48 heavy (non-hydrogen) atoms. The second-order valence-electron chi connectivity index (χ2n) is 13.6.